The molecule has 0 unspecified atom stereocenters. The van der Waals surface area contributed by atoms with Crippen molar-refractivity contribution < 1.29 is 31.9 Å². The fourth-order valence-corrected chi connectivity index (χ4v) is 4.52. The van der Waals surface area contributed by atoms with Gasteiger partial charge in [-0.3, -0.25) is 4.57 Å². The number of alkyl halides is 2. The molecule has 0 N–H and O–H groups in total. The molecule has 0 aliphatic carbocycles. The van der Waals surface area contributed by atoms with Crippen molar-refractivity contribution in [1.82, 2.24) is 4.98 Å². The van der Waals surface area contributed by atoms with E-state index in [9.17, 15) is 9.36 Å². The van der Waals surface area contributed by atoms with Crippen LogP contribution in [0.4, 0.5) is 8.78 Å². The van der Waals surface area contributed by atoms with Gasteiger partial charge in [0.2, 0.25) is 0 Å². The van der Waals surface area contributed by atoms with E-state index >= 15 is 8.78 Å². The first-order valence-corrected chi connectivity index (χ1v) is 11.2. The van der Waals surface area contributed by atoms with Crippen molar-refractivity contribution in [2.75, 3.05) is 13.2 Å². The predicted octanol–water partition coefficient (Wildman–Crippen LogP) is 5.91. The smallest absolute Gasteiger partial charge is 0.404 e. The molecule has 0 bridgehead atoms. The molecule has 164 valence electrons. The Bertz CT molecular complexity index is 1100. The van der Waals surface area contributed by atoms with Gasteiger partial charge in [0, 0.05) is 5.39 Å². The van der Waals surface area contributed by atoms with Gasteiger partial charge in [-0.15, -0.1) is 0 Å². The highest BCUT2D eigenvalue weighted by molar-refractivity contribution is 7.54. The quantitative estimate of drug-likeness (QED) is 0.299. The number of carbonyl (C=O) groups excluding carboxylic acids is 1. The number of aromatic nitrogens is 1. The number of rotatable bonds is 9. The molecule has 0 fully saturated rings. The van der Waals surface area contributed by atoms with Crippen molar-refractivity contribution in [3.05, 3.63) is 77.5 Å². The molecule has 0 spiro atoms. The van der Waals surface area contributed by atoms with E-state index in [2.05, 4.69) is 4.98 Å². The maximum absolute atomic E-state index is 15.5. The van der Waals surface area contributed by atoms with Crippen LogP contribution < -0.4 is 0 Å². The first kappa shape index (κ1) is 23.0. The molecule has 0 aliphatic heterocycles. The molecule has 1 aromatic heterocycles. The first-order valence-electron chi connectivity index (χ1n) is 9.70. The number of pyridine rings is 1. The zero-order valence-corrected chi connectivity index (χ0v) is 18.0. The minimum absolute atomic E-state index is 0.131. The Labute approximate surface area is 178 Å². The number of halogens is 2. The van der Waals surface area contributed by atoms with Crippen LogP contribution in [0.3, 0.4) is 0 Å². The van der Waals surface area contributed by atoms with E-state index in [0.29, 0.717) is 16.5 Å². The van der Waals surface area contributed by atoms with Gasteiger partial charge in [0.15, 0.2) is 5.69 Å². The van der Waals surface area contributed by atoms with Crippen LogP contribution in [0.25, 0.3) is 10.9 Å². The molecule has 31 heavy (non-hydrogen) atoms. The second-order valence-electron chi connectivity index (χ2n) is 6.51. The molecule has 1 heterocycles. The summed E-state index contributed by atoms with van der Waals surface area (Å²) in [5.74, 6) is -1.07. The first-order chi connectivity index (χ1) is 14.8. The average molecular weight is 449 g/mol. The van der Waals surface area contributed by atoms with E-state index in [-0.39, 0.29) is 19.8 Å². The SMILES string of the molecule is CCOP(=O)(OCC)C(F)(F)c1cc2ccccc2nc1C(=O)OCc1ccccc1. The molecule has 0 radical (unpaired) electrons. The highest BCUT2D eigenvalue weighted by Gasteiger charge is 2.57. The summed E-state index contributed by atoms with van der Waals surface area (Å²) in [5.41, 5.74) is -4.64. The second kappa shape index (κ2) is 9.64. The number of ether oxygens (including phenoxy) is 1. The summed E-state index contributed by atoms with van der Waals surface area (Å²) in [4.78, 5) is 16.9. The maximum Gasteiger partial charge on any atom is 0.404 e. The molecule has 0 saturated heterocycles. The molecule has 0 atom stereocenters. The summed E-state index contributed by atoms with van der Waals surface area (Å²) >= 11 is 0. The Morgan fingerprint density at radius 1 is 1.00 bits per heavy atom. The molecule has 9 heteroatoms. The third-order valence-electron chi connectivity index (χ3n) is 4.40. The van der Waals surface area contributed by atoms with E-state index in [0.717, 1.165) is 6.07 Å². The van der Waals surface area contributed by atoms with Crippen LogP contribution in [0.1, 0.15) is 35.5 Å². The highest BCUT2D eigenvalue weighted by atomic mass is 31.2. The Kier molecular flexibility index (Phi) is 7.15. The minimum atomic E-state index is -4.95. The lowest BCUT2D eigenvalue weighted by Gasteiger charge is -2.27. The van der Waals surface area contributed by atoms with E-state index in [1.165, 1.54) is 13.8 Å². The van der Waals surface area contributed by atoms with Crippen molar-refractivity contribution in [1.29, 1.82) is 0 Å². The molecular weight excluding hydrogens is 427 g/mol. The summed E-state index contributed by atoms with van der Waals surface area (Å²) in [6.45, 7) is 2.20. The van der Waals surface area contributed by atoms with E-state index in [1.807, 2.05) is 0 Å². The van der Waals surface area contributed by atoms with Crippen molar-refractivity contribution in [3.8, 4) is 0 Å². The Hall–Kier alpha value is -2.67. The Balaban J connectivity index is 2.08. The lowest BCUT2D eigenvalue weighted by atomic mass is 10.1. The Morgan fingerprint density at radius 2 is 1.61 bits per heavy atom. The summed E-state index contributed by atoms with van der Waals surface area (Å²) in [7, 11) is -4.95. The molecule has 2 aromatic carbocycles. The number of hydrogen-bond acceptors (Lipinski definition) is 6. The van der Waals surface area contributed by atoms with Crippen LogP contribution in [0.5, 0.6) is 0 Å². The van der Waals surface area contributed by atoms with E-state index < -0.39 is 30.5 Å². The van der Waals surface area contributed by atoms with Crippen molar-refractivity contribution >= 4 is 24.5 Å². The van der Waals surface area contributed by atoms with Crippen LogP contribution in [0.15, 0.2) is 60.7 Å². The monoisotopic (exact) mass is 449 g/mol. The number of esters is 1. The van der Waals surface area contributed by atoms with Gasteiger partial charge in [0.25, 0.3) is 0 Å². The summed E-state index contributed by atoms with van der Waals surface area (Å²) in [6, 6.07) is 16.3. The average Bonchev–Trinajstić information content (AvgIpc) is 2.77. The third kappa shape index (κ3) is 4.82. The second-order valence-corrected chi connectivity index (χ2v) is 8.59. The topological polar surface area (TPSA) is 74.7 Å². The van der Waals surface area contributed by atoms with Crippen LogP contribution in [-0.2, 0) is 30.6 Å². The van der Waals surface area contributed by atoms with Crippen molar-refractivity contribution in [2.24, 2.45) is 0 Å². The van der Waals surface area contributed by atoms with Crippen molar-refractivity contribution in [3.63, 3.8) is 0 Å². The van der Waals surface area contributed by atoms with Gasteiger partial charge in [0.05, 0.1) is 24.3 Å². The molecule has 0 aliphatic rings. The summed E-state index contributed by atoms with van der Waals surface area (Å²) in [6.07, 6.45) is 0. The number of fused-ring (bicyclic) bond motifs is 1. The number of para-hydroxylation sites is 1. The van der Waals surface area contributed by atoms with Gasteiger partial charge in [-0.1, -0.05) is 48.5 Å². The zero-order valence-electron chi connectivity index (χ0n) is 17.1. The standard InChI is InChI=1S/C22H22F2NO5P/c1-3-29-31(27,30-4-2)22(23,24)18-14-17-12-8-9-13-19(17)25-20(18)21(26)28-15-16-10-6-5-7-11-16/h5-14H,3-4,15H2,1-2H3. The molecule has 0 amide bonds. The number of benzene rings is 2. The fraction of sp³-hybridized carbons (Fsp3) is 0.273. The predicted molar refractivity (Wildman–Crippen MR) is 112 cm³/mol. The summed E-state index contributed by atoms with van der Waals surface area (Å²) < 4.78 is 59.0. The Morgan fingerprint density at radius 3 is 2.26 bits per heavy atom. The fourth-order valence-electron chi connectivity index (χ4n) is 2.98. The molecule has 6 nitrogen and oxygen atoms in total. The van der Waals surface area contributed by atoms with Crippen molar-refractivity contribution in [2.45, 2.75) is 26.1 Å². The summed E-state index contributed by atoms with van der Waals surface area (Å²) in [5, 5.41) is 0.344. The zero-order chi connectivity index (χ0) is 22.5. The van der Waals surface area contributed by atoms with Gasteiger partial charge in [-0.2, -0.15) is 8.78 Å². The van der Waals surface area contributed by atoms with Crippen LogP contribution in [0, 0.1) is 0 Å². The van der Waals surface area contributed by atoms with Gasteiger partial charge < -0.3 is 13.8 Å². The number of nitrogens with zero attached hydrogens (tertiary/aromatic N) is 1. The highest BCUT2D eigenvalue weighted by Crippen LogP contribution is 2.67. The molecular formula is C22H22F2NO5P. The minimum Gasteiger partial charge on any atom is -0.456 e. The number of hydrogen-bond donors (Lipinski definition) is 0. The normalized spacial score (nSPS) is 12.1. The lowest BCUT2D eigenvalue weighted by Crippen LogP contribution is -2.23. The lowest BCUT2D eigenvalue weighted by molar-refractivity contribution is 0.0303. The molecule has 3 rings (SSSR count). The molecule has 0 saturated carbocycles. The van der Waals surface area contributed by atoms with Crippen LogP contribution in [-0.4, -0.2) is 24.2 Å². The molecule has 3 aromatic rings. The van der Waals surface area contributed by atoms with E-state index in [1.54, 1.807) is 54.6 Å². The number of carbonyl (C=O) groups is 1. The van der Waals surface area contributed by atoms with Crippen LogP contribution in [0.2, 0.25) is 0 Å². The van der Waals surface area contributed by atoms with Crippen LogP contribution >= 0.6 is 7.60 Å². The third-order valence-corrected chi connectivity index (χ3v) is 6.52. The largest absolute Gasteiger partial charge is 0.456 e. The van der Waals surface area contributed by atoms with E-state index in [4.69, 9.17) is 13.8 Å². The maximum atomic E-state index is 15.5. The van der Waals surface area contributed by atoms with Gasteiger partial charge in [0.1, 0.15) is 6.61 Å². The van der Waals surface area contributed by atoms with Gasteiger partial charge in [-0.05, 0) is 31.5 Å². The van der Waals surface area contributed by atoms with Gasteiger partial charge >= 0.3 is 19.2 Å². The van der Waals surface area contributed by atoms with Gasteiger partial charge in [-0.25, -0.2) is 9.78 Å².